The van der Waals surface area contributed by atoms with Gasteiger partial charge in [-0.25, -0.2) is 0 Å². The van der Waals surface area contributed by atoms with Crippen molar-refractivity contribution in [1.29, 1.82) is 0 Å². The van der Waals surface area contributed by atoms with E-state index < -0.39 is 0 Å². The molecule has 0 amide bonds. The fourth-order valence-corrected chi connectivity index (χ4v) is 2.92. The molecule has 0 aliphatic carbocycles. The first-order valence-electron chi connectivity index (χ1n) is 3.53. The lowest BCUT2D eigenvalue weighted by atomic mass is 10.4. The molecule has 0 fully saturated rings. The van der Waals surface area contributed by atoms with Crippen LogP contribution in [0.3, 0.4) is 0 Å². The Kier molecular flexibility index (Phi) is 5.16. The SMILES string of the molecule is CCC(C)P(Br)C(C)C. The highest BCUT2D eigenvalue weighted by Crippen LogP contribution is 2.54. The number of rotatable bonds is 3. The average molecular weight is 211 g/mol. The van der Waals surface area contributed by atoms with Gasteiger partial charge in [0.1, 0.15) is 0 Å². The molecule has 9 heavy (non-hydrogen) atoms. The molecule has 0 aromatic rings. The number of hydrogen-bond donors (Lipinski definition) is 0. The molecule has 0 aliphatic rings. The van der Waals surface area contributed by atoms with Crippen LogP contribution in [0.15, 0.2) is 0 Å². The van der Waals surface area contributed by atoms with Crippen molar-refractivity contribution in [2.45, 2.75) is 45.4 Å². The molecule has 0 saturated heterocycles. The molecule has 0 nitrogen and oxygen atoms in total. The summed E-state index contributed by atoms with van der Waals surface area (Å²) in [7, 11) is 0. The molecule has 0 aromatic heterocycles. The Labute approximate surface area is 67.9 Å². The Bertz CT molecular complexity index is 73.3. The summed E-state index contributed by atoms with van der Waals surface area (Å²) < 4.78 is 0. The Morgan fingerprint density at radius 3 is 1.89 bits per heavy atom. The summed E-state index contributed by atoms with van der Waals surface area (Å²) in [5, 5.41) is 0. The maximum Gasteiger partial charge on any atom is -0.0140 e. The van der Waals surface area contributed by atoms with E-state index >= 15 is 0 Å². The van der Waals surface area contributed by atoms with Crippen molar-refractivity contribution in [2.24, 2.45) is 0 Å². The predicted molar refractivity (Wildman–Crippen MR) is 50.7 cm³/mol. The van der Waals surface area contributed by atoms with Gasteiger partial charge in [-0.1, -0.05) is 43.2 Å². The van der Waals surface area contributed by atoms with Gasteiger partial charge in [-0.15, -0.1) is 0 Å². The van der Waals surface area contributed by atoms with Gasteiger partial charge in [0.05, 0.1) is 0 Å². The van der Waals surface area contributed by atoms with Crippen LogP contribution in [0.25, 0.3) is 0 Å². The average Bonchev–Trinajstić information content (AvgIpc) is 1.84. The van der Waals surface area contributed by atoms with Crippen molar-refractivity contribution in [3.63, 3.8) is 0 Å². The van der Waals surface area contributed by atoms with E-state index in [4.69, 9.17) is 0 Å². The molecule has 2 heteroatoms. The molecule has 0 heterocycles. The molecule has 0 radical (unpaired) electrons. The number of halogens is 1. The van der Waals surface area contributed by atoms with Crippen LogP contribution in [0, 0.1) is 0 Å². The Hall–Kier alpha value is 0.910. The van der Waals surface area contributed by atoms with E-state index in [0.717, 1.165) is 11.3 Å². The highest BCUT2D eigenvalue weighted by molar-refractivity contribution is 9.39. The van der Waals surface area contributed by atoms with Gasteiger partial charge in [0, 0.05) is 0 Å². The van der Waals surface area contributed by atoms with Gasteiger partial charge in [0.25, 0.3) is 0 Å². The Morgan fingerprint density at radius 2 is 1.78 bits per heavy atom. The fraction of sp³-hybridized carbons (Fsp3) is 1.00. The van der Waals surface area contributed by atoms with E-state index in [9.17, 15) is 0 Å². The maximum absolute atomic E-state index is 3.73. The van der Waals surface area contributed by atoms with Crippen LogP contribution < -0.4 is 0 Å². The Balaban J connectivity index is 3.58. The number of hydrogen-bond acceptors (Lipinski definition) is 0. The van der Waals surface area contributed by atoms with Crippen molar-refractivity contribution in [1.82, 2.24) is 0 Å². The van der Waals surface area contributed by atoms with Crippen LogP contribution >= 0.6 is 22.1 Å². The van der Waals surface area contributed by atoms with Crippen LogP contribution in [0.4, 0.5) is 0 Å². The Morgan fingerprint density at radius 1 is 1.33 bits per heavy atom. The lowest BCUT2D eigenvalue weighted by molar-refractivity contribution is 0.884. The van der Waals surface area contributed by atoms with Gasteiger partial charge in [-0.05, 0) is 24.4 Å². The van der Waals surface area contributed by atoms with Crippen molar-refractivity contribution in [3.05, 3.63) is 0 Å². The molecule has 0 bridgehead atoms. The summed E-state index contributed by atoms with van der Waals surface area (Å²) in [6, 6.07) is 0. The van der Waals surface area contributed by atoms with Crippen LogP contribution in [-0.4, -0.2) is 11.3 Å². The van der Waals surface area contributed by atoms with Crippen molar-refractivity contribution < 1.29 is 0 Å². The standard InChI is InChI=1S/C7H16BrP/c1-5-7(4)9(8)6(2)3/h6-7H,5H2,1-4H3. The van der Waals surface area contributed by atoms with Gasteiger partial charge >= 0.3 is 0 Å². The topological polar surface area (TPSA) is 0 Å². The third-order valence-electron chi connectivity index (χ3n) is 1.51. The third-order valence-corrected chi connectivity index (χ3v) is 8.25. The normalized spacial score (nSPS) is 18.0. The van der Waals surface area contributed by atoms with E-state index in [1.54, 1.807) is 0 Å². The molecule has 0 spiro atoms. The van der Waals surface area contributed by atoms with Gasteiger partial charge in [-0.3, -0.25) is 0 Å². The second-order valence-electron chi connectivity index (χ2n) is 2.70. The molecule has 0 rings (SSSR count). The second kappa shape index (κ2) is 4.68. The molecule has 0 aromatic carbocycles. The summed E-state index contributed by atoms with van der Waals surface area (Å²) in [6.07, 6.45) is 1.30. The van der Waals surface area contributed by atoms with Crippen LogP contribution in [-0.2, 0) is 0 Å². The quantitative estimate of drug-likeness (QED) is 0.619. The molecule has 0 aliphatic heterocycles. The van der Waals surface area contributed by atoms with Gasteiger partial charge in [0.15, 0.2) is 0 Å². The highest BCUT2D eigenvalue weighted by atomic mass is 79.9. The monoisotopic (exact) mass is 210 g/mol. The minimum atomic E-state index is 0.112. The van der Waals surface area contributed by atoms with Gasteiger partial charge in [0.2, 0.25) is 0 Å². The zero-order valence-corrected chi connectivity index (χ0v) is 9.17. The van der Waals surface area contributed by atoms with Crippen molar-refractivity contribution >= 4 is 22.1 Å². The molecule has 0 saturated carbocycles. The third kappa shape index (κ3) is 3.57. The molecule has 56 valence electrons. The highest BCUT2D eigenvalue weighted by Gasteiger charge is 2.14. The largest absolute Gasteiger partial charge is 0.0648 e. The summed E-state index contributed by atoms with van der Waals surface area (Å²) in [6.45, 7) is 9.25. The lowest BCUT2D eigenvalue weighted by Gasteiger charge is -2.19. The van der Waals surface area contributed by atoms with E-state index in [1.807, 2.05) is 0 Å². The van der Waals surface area contributed by atoms with Crippen LogP contribution in [0.1, 0.15) is 34.1 Å². The van der Waals surface area contributed by atoms with E-state index in [-0.39, 0.29) is 6.62 Å². The van der Waals surface area contributed by atoms with E-state index in [2.05, 4.69) is 43.2 Å². The zero-order chi connectivity index (χ0) is 7.44. The first-order chi connectivity index (χ1) is 4.09. The summed E-state index contributed by atoms with van der Waals surface area (Å²) in [5.74, 6) is 0. The molecular weight excluding hydrogens is 195 g/mol. The van der Waals surface area contributed by atoms with E-state index in [1.165, 1.54) is 6.42 Å². The first-order valence-corrected chi connectivity index (χ1v) is 7.03. The first kappa shape index (κ1) is 9.91. The lowest BCUT2D eigenvalue weighted by Crippen LogP contribution is -2.00. The molecule has 0 N–H and O–H groups in total. The molecule has 2 unspecified atom stereocenters. The van der Waals surface area contributed by atoms with Gasteiger partial charge < -0.3 is 0 Å². The van der Waals surface area contributed by atoms with Crippen molar-refractivity contribution in [2.75, 3.05) is 0 Å². The smallest absolute Gasteiger partial charge is 0.0140 e. The molecule has 2 atom stereocenters. The maximum atomic E-state index is 3.73. The van der Waals surface area contributed by atoms with E-state index in [0.29, 0.717) is 0 Å². The summed E-state index contributed by atoms with van der Waals surface area (Å²) >= 11 is 3.73. The van der Waals surface area contributed by atoms with Crippen LogP contribution in [0.5, 0.6) is 0 Å². The predicted octanol–water partition coefficient (Wildman–Crippen LogP) is 3.99. The van der Waals surface area contributed by atoms with Gasteiger partial charge in [-0.2, -0.15) is 0 Å². The van der Waals surface area contributed by atoms with Crippen LogP contribution in [0.2, 0.25) is 0 Å². The summed E-state index contributed by atoms with van der Waals surface area (Å²) in [4.78, 5) is 0. The fourth-order valence-electron chi connectivity index (χ4n) is 0.683. The minimum absolute atomic E-state index is 0.112. The minimum Gasteiger partial charge on any atom is -0.0648 e. The summed E-state index contributed by atoms with van der Waals surface area (Å²) in [5.41, 5.74) is 1.70. The second-order valence-corrected chi connectivity index (χ2v) is 7.76. The zero-order valence-electron chi connectivity index (χ0n) is 6.69. The van der Waals surface area contributed by atoms with Crippen molar-refractivity contribution in [3.8, 4) is 0 Å². The molecular formula is C7H16BrP.